The maximum atomic E-state index is 13.7. The smallest absolute Gasteiger partial charge is 0.127 e. The molecule has 3 heteroatoms. The summed E-state index contributed by atoms with van der Waals surface area (Å²) in [5, 5.41) is 8.83. The van der Waals surface area contributed by atoms with Crippen LogP contribution in [-0.2, 0) is 6.54 Å². The van der Waals surface area contributed by atoms with Gasteiger partial charge in [-0.1, -0.05) is 13.8 Å². The fourth-order valence-corrected chi connectivity index (χ4v) is 2.05. The first-order valence-corrected chi connectivity index (χ1v) is 6.32. The predicted octanol–water partition coefficient (Wildman–Crippen LogP) is 3.56. The average molecular weight is 248 g/mol. The van der Waals surface area contributed by atoms with Crippen molar-refractivity contribution in [2.75, 3.05) is 7.05 Å². The highest BCUT2D eigenvalue weighted by Gasteiger charge is 2.13. The van der Waals surface area contributed by atoms with Crippen LogP contribution in [0, 0.1) is 23.1 Å². The Morgan fingerprint density at radius 2 is 2.00 bits per heavy atom. The van der Waals surface area contributed by atoms with E-state index in [-0.39, 0.29) is 5.82 Å². The molecule has 0 aromatic heterocycles. The van der Waals surface area contributed by atoms with Gasteiger partial charge in [-0.25, -0.2) is 4.39 Å². The number of nitriles is 1. The van der Waals surface area contributed by atoms with E-state index in [1.54, 1.807) is 6.07 Å². The third-order valence-electron chi connectivity index (χ3n) is 3.16. The largest absolute Gasteiger partial charge is 0.299 e. The topological polar surface area (TPSA) is 27.0 Å². The molecule has 0 aliphatic heterocycles. The van der Waals surface area contributed by atoms with Gasteiger partial charge in [0.05, 0.1) is 11.6 Å². The number of hydrogen-bond acceptors (Lipinski definition) is 2. The molecule has 1 atom stereocenters. The number of rotatable bonds is 5. The zero-order valence-electron chi connectivity index (χ0n) is 11.6. The van der Waals surface area contributed by atoms with Gasteiger partial charge in [-0.3, -0.25) is 4.90 Å². The normalized spacial score (nSPS) is 12.8. The lowest BCUT2D eigenvalue weighted by molar-refractivity contribution is 0.218. The van der Waals surface area contributed by atoms with E-state index < -0.39 is 0 Å². The number of halogens is 1. The Morgan fingerprint density at radius 3 is 2.56 bits per heavy atom. The minimum absolute atomic E-state index is 0.238. The van der Waals surface area contributed by atoms with Crippen LogP contribution in [0.15, 0.2) is 18.2 Å². The standard InChI is InChI=1S/C15H21FN2/c1-11(2)7-12(3)18(4)10-14-8-13(9-17)5-6-15(14)16/h5-6,8,11-12H,7,10H2,1-4H3. The summed E-state index contributed by atoms with van der Waals surface area (Å²) in [4.78, 5) is 2.12. The summed E-state index contributed by atoms with van der Waals surface area (Å²) in [5.74, 6) is 0.385. The van der Waals surface area contributed by atoms with Crippen LogP contribution in [0.3, 0.4) is 0 Å². The second-order valence-corrected chi connectivity index (χ2v) is 5.31. The summed E-state index contributed by atoms with van der Waals surface area (Å²) in [6.45, 7) is 7.05. The van der Waals surface area contributed by atoms with Gasteiger partial charge in [-0.2, -0.15) is 5.26 Å². The third kappa shape index (κ3) is 4.12. The van der Waals surface area contributed by atoms with Gasteiger partial charge in [0, 0.05) is 18.2 Å². The van der Waals surface area contributed by atoms with Crippen molar-refractivity contribution in [3.8, 4) is 6.07 Å². The fourth-order valence-electron chi connectivity index (χ4n) is 2.05. The van der Waals surface area contributed by atoms with Gasteiger partial charge >= 0.3 is 0 Å². The van der Waals surface area contributed by atoms with Gasteiger partial charge in [0.15, 0.2) is 0 Å². The second-order valence-electron chi connectivity index (χ2n) is 5.31. The quantitative estimate of drug-likeness (QED) is 0.796. The summed E-state index contributed by atoms with van der Waals surface area (Å²) >= 11 is 0. The van der Waals surface area contributed by atoms with Crippen LogP contribution in [0.25, 0.3) is 0 Å². The molecule has 0 bridgehead atoms. The predicted molar refractivity (Wildman–Crippen MR) is 71.5 cm³/mol. The van der Waals surface area contributed by atoms with Crippen molar-refractivity contribution in [3.05, 3.63) is 35.1 Å². The van der Waals surface area contributed by atoms with E-state index in [1.807, 2.05) is 13.1 Å². The summed E-state index contributed by atoms with van der Waals surface area (Å²) in [7, 11) is 1.99. The van der Waals surface area contributed by atoms with E-state index in [9.17, 15) is 4.39 Å². The Hall–Kier alpha value is -1.40. The lowest BCUT2D eigenvalue weighted by Crippen LogP contribution is -2.30. The van der Waals surface area contributed by atoms with Crippen LogP contribution in [0.4, 0.5) is 4.39 Å². The molecule has 0 amide bonds. The molecule has 0 N–H and O–H groups in total. The first kappa shape index (κ1) is 14.7. The molecule has 0 saturated carbocycles. The fraction of sp³-hybridized carbons (Fsp3) is 0.533. The van der Waals surface area contributed by atoms with Crippen LogP contribution in [0.5, 0.6) is 0 Å². The number of benzene rings is 1. The maximum Gasteiger partial charge on any atom is 0.127 e. The maximum absolute atomic E-state index is 13.7. The van der Waals surface area contributed by atoms with Crippen molar-refractivity contribution in [3.63, 3.8) is 0 Å². The Bertz CT molecular complexity index is 435. The van der Waals surface area contributed by atoms with Crippen LogP contribution in [-0.4, -0.2) is 18.0 Å². The molecule has 18 heavy (non-hydrogen) atoms. The third-order valence-corrected chi connectivity index (χ3v) is 3.16. The Kier molecular flexibility index (Phi) is 5.30. The highest BCUT2D eigenvalue weighted by atomic mass is 19.1. The van der Waals surface area contributed by atoms with E-state index in [4.69, 9.17) is 5.26 Å². The molecule has 0 fully saturated rings. The Balaban J connectivity index is 2.75. The second kappa shape index (κ2) is 6.51. The SMILES string of the molecule is CC(C)CC(C)N(C)Cc1cc(C#N)ccc1F. The van der Waals surface area contributed by atoms with E-state index in [2.05, 4.69) is 25.7 Å². The van der Waals surface area contributed by atoms with Crippen molar-refractivity contribution in [1.29, 1.82) is 5.26 Å². The van der Waals surface area contributed by atoms with E-state index in [0.717, 1.165) is 6.42 Å². The molecule has 0 saturated heterocycles. The lowest BCUT2D eigenvalue weighted by atomic mass is 10.0. The number of hydrogen-bond donors (Lipinski definition) is 0. The molecular formula is C15H21FN2. The van der Waals surface area contributed by atoms with Crippen molar-refractivity contribution >= 4 is 0 Å². The molecule has 1 aromatic carbocycles. The van der Waals surface area contributed by atoms with E-state index >= 15 is 0 Å². The zero-order chi connectivity index (χ0) is 13.7. The van der Waals surface area contributed by atoms with Crippen molar-refractivity contribution in [2.45, 2.75) is 39.8 Å². The first-order chi connectivity index (χ1) is 8.43. The van der Waals surface area contributed by atoms with Gasteiger partial charge in [0.25, 0.3) is 0 Å². The summed E-state index contributed by atoms with van der Waals surface area (Å²) < 4.78 is 13.7. The summed E-state index contributed by atoms with van der Waals surface area (Å²) in [6.07, 6.45) is 1.08. The van der Waals surface area contributed by atoms with Gasteiger partial charge in [0.1, 0.15) is 5.82 Å². The molecule has 1 unspecified atom stereocenters. The minimum atomic E-state index is -0.238. The highest BCUT2D eigenvalue weighted by molar-refractivity contribution is 5.33. The first-order valence-electron chi connectivity index (χ1n) is 6.32. The molecule has 1 rings (SSSR count). The molecule has 0 aliphatic carbocycles. The molecule has 0 aliphatic rings. The Morgan fingerprint density at radius 1 is 1.33 bits per heavy atom. The summed E-state index contributed by atoms with van der Waals surface area (Å²) in [5.41, 5.74) is 1.10. The molecule has 0 heterocycles. The monoisotopic (exact) mass is 248 g/mol. The van der Waals surface area contributed by atoms with Crippen molar-refractivity contribution in [1.82, 2.24) is 4.90 Å². The van der Waals surface area contributed by atoms with Crippen molar-refractivity contribution < 1.29 is 4.39 Å². The van der Waals surface area contributed by atoms with Crippen LogP contribution in [0.2, 0.25) is 0 Å². The molecule has 98 valence electrons. The molecule has 2 nitrogen and oxygen atoms in total. The molecule has 1 aromatic rings. The molecule has 0 radical (unpaired) electrons. The minimum Gasteiger partial charge on any atom is -0.299 e. The number of nitrogens with zero attached hydrogens (tertiary/aromatic N) is 2. The lowest BCUT2D eigenvalue weighted by Gasteiger charge is -2.26. The van der Waals surface area contributed by atoms with Crippen LogP contribution >= 0.6 is 0 Å². The van der Waals surface area contributed by atoms with Gasteiger partial charge in [0.2, 0.25) is 0 Å². The van der Waals surface area contributed by atoms with Gasteiger partial charge < -0.3 is 0 Å². The van der Waals surface area contributed by atoms with Gasteiger partial charge in [-0.15, -0.1) is 0 Å². The van der Waals surface area contributed by atoms with Crippen LogP contribution < -0.4 is 0 Å². The average Bonchev–Trinajstić information content (AvgIpc) is 2.31. The van der Waals surface area contributed by atoms with Crippen LogP contribution in [0.1, 0.15) is 38.3 Å². The highest BCUT2D eigenvalue weighted by Crippen LogP contribution is 2.16. The van der Waals surface area contributed by atoms with E-state index in [0.29, 0.717) is 29.6 Å². The van der Waals surface area contributed by atoms with E-state index in [1.165, 1.54) is 12.1 Å². The van der Waals surface area contributed by atoms with Gasteiger partial charge in [-0.05, 0) is 44.5 Å². The zero-order valence-corrected chi connectivity index (χ0v) is 11.6. The van der Waals surface area contributed by atoms with Crippen molar-refractivity contribution in [2.24, 2.45) is 5.92 Å². The Labute approximate surface area is 109 Å². The summed E-state index contributed by atoms with van der Waals surface area (Å²) in [6, 6.07) is 6.96. The molecule has 0 spiro atoms. The molecular weight excluding hydrogens is 227 g/mol.